The molecule has 4 aromatic rings. The van der Waals surface area contributed by atoms with E-state index < -0.39 is 33.2 Å². The Hall–Kier alpha value is -3.96. The van der Waals surface area contributed by atoms with Gasteiger partial charge in [-0.2, -0.15) is 4.72 Å². The first-order valence-electron chi connectivity index (χ1n) is 10.7. The minimum absolute atomic E-state index is 0.0688. The van der Waals surface area contributed by atoms with Crippen LogP contribution in [0.5, 0.6) is 0 Å². The summed E-state index contributed by atoms with van der Waals surface area (Å²) in [4.78, 5) is 37.6. The predicted octanol–water partition coefficient (Wildman–Crippen LogP) is 1.04. The average molecular weight is 497 g/mol. The van der Waals surface area contributed by atoms with Gasteiger partial charge in [-0.05, 0) is 42.3 Å². The summed E-state index contributed by atoms with van der Waals surface area (Å²) in [6.45, 7) is 0.0961. The number of fused-ring (bicyclic) bond motifs is 1. The van der Waals surface area contributed by atoms with E-state index in [1.807, 2.05) is 6.07 Å². The van der Waals surface area contributed by atoms with Gasteiger partial charge in [0.05, 0.1) is 28.6 Å². The Morgan fingerprint density at radius 3 is 2.43 bits per heavy atom. The van der Waals surface area contributed by atoms with Crippen LogP contribution in [0.2, 0.25) is 0 Å². The molecule has 0 radical (unpaired) electrons. The highest BCUT2D eigenvalue weighted by Gasteiger charge is 2.27. The van der Waals surface area contributed by atoms with Gasteiger partial charge in [-0.3, -0.25) is 18.7 Å². The summed E-state index contributed by atoms with van der Waals surface area (Å²) in [5, 5.41) is 2.76. The lowest BCUT2D eigenvalue weighted by Crippen LogP contribution is -2.47. The Morgan fingerprint density at radius 2 is 1.74 bits per heavy atom. The lowest BCUT2D eigenvalue weighted by molar-refractivity contribution is -0.122. The number of benzene rings is 2. The first-order valence-corrected chi connectivity index (χ1v) is 12.2. The Labute approximate surface area is 200 Å². The molecule has 2 aromatic carbocycles. The molecule has 1 amide bonds. The van der Waals surface area contributed by atoms with Crippen LogP contribution in [0.3, 0.4) is 0 Å². The molecule has 1 atom stereocenters. The van der Waals surface area contributed by atoms with Crippen molar-refractivity contribution in [2.45, 2.75) is 23.9 Å². The molecule has 0 spiro atoms. The number of carbonyl (C=O) groups is 1. The number of amides is 1. The highest BCUT2D eigenvalue weighted by Crippen LogP contribution is 2.17. The van der Waals surface area contributed by atoms with E-state index in [4.69, 9.17) is 4.42 Å². The van der Waals surface area contributed by atoms with Gasteiger partial charge in [0.25, 0.3) is 5.56 Å². The number of sulfonamides is 1. The molecule has 2 heterocycles. The topological polar surface area (TPSA) is 132 Å². The van der Waals surface area contributed by atoms with E-state index in [-0.39, 0.29) is 23.2 Å². The summed E-state index contributed by atoms with van der Waals surface area (Å²) < 4.78 is 36.4. The number of aryl methyl sites for hydroxylation is 1. The van der Waals surface area contributed by atoms with Gasteiger partial charge in [-0.25, -0.2) is 13.2 Å². The van der Waals surface area contributed by atoms with Crippen molar-refractivity contribution in [3.05, 3.63) is 99.1 Å². The smallest absolute Gasteiger partial charge is 0.330 e. The molecule has 0 aliphatic rings. The van der Waals surface area contributed by atoms with E-state index in [0.717, 1.165) is 10.1 Å². The van der Waals surface area contributed by atoms with Crippen molar-refractivity contribution in [3.8, 4) is 0 Å². The zero-order valence-corrected chi connectivity index (χ0v) is 19.9. The number of hydrogen-bond donors (Lipinski definition) is 2. The van der Waals surface area contributed by atoms with Crippen molar-refractivity contribution in [3.63, 3.8) is 0 Å². The molecule has 182 valence electrons. The number of carbonyl (C=O) groups excluding carboxylic acids is 1. The minimum atomic E-state index is -4.21. The van der Waals surface area contributed by atoms with Crippen LogP contribution in [0.25, 0.3) is 10.9 Å². The number of hydrogen-bond acceptors (Lipinski definition) is 6. The molecular formula is C24H24N4O6S. The molecule has 4 rings (SSSR count). The summed E-state index contributed by atoms with van der Waals surface area (Å²) in [5.41, 5.74) is -0.0747. The van der Waals surface area contributed by atoms with Crippen molar-refractivity contribution in [1.82, 2.24) is 19.2 Å². The summed E-state index contributed by atoms with van der Waals surface area (Å²) in [7, 11) is -1.39. The molecule has 0 bridgehead atoms. The third-order valence-corrected chi connectivity index (χ3v) is 7.13. The van der Waals surface area contributed by atoms with Crippen LogP contribution in [-0.4, -0.2) is 29.5 Å². The second-order valence-corrected chi connectivity index (χ2v) is 9.76. The Kier molecular flexibility index (Phi) is 6.72. The lowest BCUT2D eigenvalue weighted by atomic mass is 10.1. The third-order valence-electron chi connectivity index (χ3n) is 5.66. The van der Waals surface area contributed by atoms with E-state index in [2.05, 4.69) is 10.0 Å². The number of rotatable bonds is 8. The van der Waals surface area contributed by atoms with Gasteiger partial charge in [-0.15, -0.1) is 0 Å². The maximum Gasteiger partial charge on any atom is 0.330 e. The van der Waals surface area contributed by atoms with Gasteiger partial charge in [0.2, 0.25) is 15.9 Å². The van der Waals surface area contributed by atoms with Crippen molar-refractivity contribution in [2.24, 2.45) is 14.1 Å². The monoisotopic (exact) mass is 496 g/mol. The zero-order valence-electron chi connectivity index (χ0n) is 19.1. The highest BCUT2D eigenvalue weighted by molar-refractivity contribution is 7.89. The first-order chi connectivity index (χ1) is 16.7. The summed E-state index contributed by atoms with van der Waals surface area (Å²) in [6.07, 6.45) is 1.58. The van der Waals surface area contributed by atoms with E-state index in [0.29, 0.717) is 11.3 Å². The third kappa shape index (κ3) is 5.10. The van der Waals surface area contributed by atoms with Gasteiger partial charge < -0.3 is 9.73 Å². The second-order valence-electron chi connectivity index (χ2n) is 8.05. The van der Waals surface area contributed by atoms with Crippen molar-refractivity contribution in [1.29, 1.82) is 0 Å². The van der Waals surface area contributed by atoms with E-state index >= 15 is 0 Å². The van der Waals surface area contributed by atoms with Crippen molar-refractivity contribution >= 4 is 26.8 Å². The van der Waals surface area contributed by atoms with Crippen LogP contribution in [0.4, 0.5) is 0 Å². The lowest BCUT2D eigenvalue weighted by Gasteiger charge is -2.19. The van der Waals surface area contributed by atoms with Crippen LogP contribution in [0.1, 0.15) is 11.3 Å². The standard InChI is InChI=1S/C24H24N4O6S/c1-27-21-11-10-18(14-19(21)23(30)28(2)24(27)31)35(32,33)26-20(13-16-7-4-3-5-8-16)22(29)25-15-17-9-6-12-34-17/h3-12,14,20,26H,13,15H2,1-2H3,(H,25,29)/t20-/m0/s1. The highest BCUT2D eigenvalue weighted by atomic mass is 32.2. The van der Waals surface area contributed by atoms with Crippen LogP contribution in [0.15, 0.2) is 85.8 Å². The molecule has 0 saturated heterocycles. The Morgan fingerprint density at radius 1 is 1.00 bits per heavy atom. The molecule has 2 N–H and O–H groups in total. The molecule has 35 heavy (non-hydrogen) atoms. The summed E-state index contributed by atoms with van der Waals surface area (Å²) in [6, 6.07) is 15.2. The minimum Gasteiger partial charge on any atom is -0.467 e. The molecule has 0 saturated carbocycles. The fraction of sp³-hybridized carbons (Fsp3) is 0.208. The van der Waals surface area contributed by atoms with Crippen molar-refractivity contribution < 1.29 is 17.6 Å². The van der Waals surface area contributed by atoms with Gasteiger partial charge in [0.15, 0.2) is 0 Å². The SMILES string of the molecule is Cn1c(=O)c2cc(S(=O)(=O)N[C@@H](Cc3ccccc3)C(=O)NCc3ccco3)ccc2n(C)c1=O. The summed E-state index contributed by atoms with van der Waals surface area (Å²) in [5.74, 6) is -0.0106. The second kappa shape index (κ2) is 9.72. The maximum atomic E-state index is 13.3. The van der Waals surface area contributed by atoms with Crippen molar-refractivity contribution in [2.75, 3.05) is 0 Å². The molecule has 10 nitrogen and oxygen atoms in total. The molecule has 0 fully saturated rings. The van der Waals surface area contributed by atoms with E-state index in [1.165, 1.54) is 43.1 Å². The molecular weight excluding hydrogens is 472 g/mol. The van der Waals surface area contributed by atoms with Gasteiger partial charge >= 0.3 is 5.69 Å². The van der Waals surface area contributed by atoms with Gasteiger partial charge in [0.1, 0.15) is 11.8 Å². The number of nitrogens with zero attached hydrogens (tertiary/aromatic N) is 2. The maximum absolute atomic E-state index is 13.3. The van der Waals surface area contributed by atoms with E-state index in [9.17, 15) is 22.8 Å². The Bertz CT molecular complexity index is 1590. The van der Waals surface area contributed by atoms with Crippen LogP contribution >= 0.6 is 0 Å². The number of furan rings is 1. The fourth-order valence-corrected chi connectivity index (χ4v) is 4.97. The van der Waals surface area contributed by atoms with Crippen LogP contribution < -0.4 is 21.3 Å². The average Bonchev–Trinajstić information content (AvgIpc) is 3.38. The molecule has 0 aliphatic carbocycles. The quantitative estimate of drug-likeness (QED) is 0.375. The number of nitrogens with one attached hydrogen (secondary N) is 2. The van der Waals surface area contributed by atoms with Crippen LogP contribution in [0, 0.1) is 0 Å². The Balaban J connectivity index is 1.66. The fourth-order valence-electron chi connectivity index (χ4n) is 3.75. The van der Waals surface area contributed by atoms with E-state index in [1.54, 1.807) is 36.4 Å². The molecule has 0 unspecified atom stereocenters. The largest absolute Gasteiger partial charge is 0.467 e. The predicted molar refractivity (Wildman–Crippen MR) is 129 cm³/mol. The zero-order chi connectivity index (χ0) is 25.2. The molecule has 0 aliphatic heterocycles. The molecule has 11 heteroatoms. The van der Waals surface area contributed by atoms with Gasteiger partial charge in [0, 0.05) is 14.1 Å². The molecule has 2 aromatic heterocycles. The van der Waals surface area contributed by atoms with Gasteiger partial charge in [-0.1, -0.05) is 30.3 Å². The summed E-state index contributed by atoms with van der Waals surface area (Å²) >= 11 is 0. The first kappa shape index (κ1) is 24.2. The number of aromatic nitrogens is 2. The van der Waals surface area contributed by atoms with Crippen LogP contribution in [-0.2, 0) is 41.9 Å². The normalized spacial score (nSPS) is 12.5.